The SMILES string of the molecule is C/C(=N\Nc1ccc(C)c(Cl)c1)c1ccc2c(c1)OCO2. The molecule has 5 heteroatoms. The molecular weight excluding hydrogens is 288 g/mol. The first-order chi connectivity index (χ1) is 10.1. The third-order valence-electron chi connectivity index (χ3n) is 3.31. The smallest absolute Gasteiger partial charge is 0.231 e. The van der Waals surface area contributed by atoms with Crippen molar-refractivity contribution in [2.45, 2.75) is 13.8 Å². The lowest BCUT2D eigenvalue weighted by molar-refractivity contribution is 0.174. The highest BCUT2D eigenvalue weighted by atomic mass is 35.5. The Labute approximate surface area is 128 Å². The van der Waals surface area contributed by atoms with Crippen molar-refractivity contribution in [2.75, 3.05) is 12.2 Å². The van der Waals surface area contributed by atoms with Crippen molar-refractivity contribution in [2.24, 2.45) is 5.10 Å². The van der Waals surface area contributed by atoms with Crippen molar-refractivity contribution in [3.8, 4) is 11.5 Å². The molecule has 4 nitrogen and oxygen atoms in total. The van der Waals surface area contributed by atoms with E-state index >= 15 is 0 Å². The predicted octanol–water partition coefficient (Wildman–Crippen LogP) is 4.21. The fourth-order valence-corrected chi connectivity index (χ4v) is 2.18. The van der Waals surface area contributed by atoms with Gasteiger partial charge in [-0.1, -0.05) is 17.7 Å². The molecule has 0 aliphatic carbocycles. The molecule has 1 aliphatic heterocycles. The number of nitrogens with zero attached hydrogens (tertiary/aromatic N) is 1. The number of aryl methyl sites for hydroxylation is 1. The van der Waals surface area contributed by atoms with Crippen molar-refractivity contribution in [1.82, 2.24) is 0 Å². The van der Waals surface area contributed by atoms with E-state index in [1.165, 1.54) is 0 Å². The number of halogens is 1. The molecule has 1 N–H and O–H groups in total. The molecule has 0 radical (unpaired) electrons. The first kappa shape index (κ1) is 13.8. The van der Waals surface area contributed by atoms with E-state index in [1.807, 2.05) is 50.2 Å². The number of hydrogen-bond acceptors (Lipinski definition) is 4. The molecule has 0 bridgehead atoms. The summed E-state index contributed by atoms with van der Waals surface area (Å²) in [5, 5.41) is 5.09. The molecule has 1 aliphatic rings. The molecule has 0 fully saturated rings. The molecule has 0 spiro atoms. The van der Waals surface area contributed by atoms with Crippen molar-refractivity contribution in [1.29, 1.82) is 0 Å². The Morgan fingerprint density at radius 3 is 2.76 bits per heavy atom. The van der Waals surface area contributed by atoms with Gasteiger partial charge in [0.05, 0.1) is 11.4 Å². The van der Waals surface area contributed by atoms with Gasteiger partial charge in [0.25, 0.3) is 0 Å². The van der Waals surface area contributed by atoms with E-state index in [9.17, 15) is 0 Å². The summed E-state index contributed by atoms with van der Waals surface area (Å²) < 4.78 is 10.7. The van der Waals surface area contributed by atoms with Gasteiger partial charge < -0.3 is 9.47 Å². The lowest BCUT2D eigenvalue weighted by Crippen LogP contribution is -2.00. The minimum atomic E-state index is 0.273. The molecule has 0 atom stereocenters. The van der Waals surface area contributed by atoms with E-state index in [4.69, 9.17) is 21.1 Å². The van der Waals surface area contributed by atoms with E-state index in [1.54, 1.807) is 0 Å². The number of fused-ring (bicyclic) bond motifs is 1. The molecule has 2 aromatic carbocycles. The molecule has 0 amide bonds. The molecule has 0 saturated carbocycles. The Hall–Kier alpha value is -2.20. The Bertz CT molecular complexity index is 713. The number of hydrazone groups is 1. The fraction of sp³-hybridized carbons (Fsp3) is 0.188. The molecular formula is C16H15ClN2O2. The van der Waals surface area contributed by atoms with Gasteiger partial charge in [0, 0.05) is 10.6 Å². The van der Waals surface area contributed by atoms with Crippen LogP contribution in [0.2, 0.25) is 5.02 Å². The van der Waals surface area contributed by atoms with Crippen LogP contribution in [0, 0.1) is 6.92 Å². The normalized spacial score (nSPS) is 13.4. The largest absolute Gasteiger partial charge is 0.454 e. The minimum absolute atomic E-state index is 0.273. The van der Waals surface area contributed by atoms with Gasteiger partial charge in [0.2, 0.25) is 6.79 Å². The van der Waals surface area contributed by atoms with Crippen LogP contribution in [0.5, 0.6) is 11.5 Å². The summed E-state index contributed by atoms with van der Waals surface area (Å²) in [5.74, 6) is 1.52. The van der Waals surface area contributed by atoms with E-state index in [0.29, 0.717) is 0 Å². The van der Waals surface area contributed by atoms with Crippen LogP contribution in [0.4, 0.5) is 5.69 Å². The van der Waals surface area contributed by atoms with E-state index in [2.05, 4.69) is 10.5 Å². The fourth-order valence-electron chi connectivity index (χ4n) is 2.00. The Morgan fingerprint density at radius 2 is 1.95 bits per heavy atom. The standard InChI is InChI=1S/C16H15ClN2O2/c1-10-3-5-13(8-14(10)17)19-18-11(2)12-4-6-15-16(7-12)21-9-20-15/h3-8,19H,9H2,1-2H3/b18-11+. The number of rotatable bonds is 3. The van der Waals surface area contributed by atoms with Crippen LogP contribution in [0.15, 0.2) is 41.5 Å². The monoisotopic (exact) mass is 302 g/mol. The molecule has 108 valence electrons. The first-order valence-electron chi connectivity index (χ1n) is 6.60. The Morgan fingerprint density at radius 1 is 1.14 bits per heavy atom. The Kier molecular flexibility index (Phi) is 3.71. The summed E-state index contributed by atoms with van der Waals surface area (Å²) in [6.07, 6.45) is 0. The van der Waals surface area contributed by atoms with Crippen LogP contribution in [-0.4, -0.2) is 12.5 Å². The maximum Gasteiger partial charge on any atom is 0.231 e. The van der Waals surface area contributed by atoms with Crippen molar-refractivity contribution in [3.05, 3.63) is 52.5 Å². The molecule has 2 aromatic rings. The predicted molar refractivity (Wildman–Crippen MR) is 84.6 cm³/mol. The summed E-state index contributed by atoms with van der Waals surface area (Å²) in [7, 11) is 0. The molecule has 3 rings (SSSR count). The van der Waals surface area contributed by atoms with E-state index < -0.39 is 0 Å². The van der Waals surface area contributed by atoms with Gasteiger partial charge in [-0.3, -0.25) is 5.43 Å². The second-order valence-electron chi connectivity index (χ2n) is 4.84. The maximum absolute atomic E-state index is 6.09. The lowest BCUT2D eigenvalue weighted by atomic mass is 10.1. The van der Waals surface area contributed by atoms with Gasteiger partial charge in [0.1, 0.15) is 0 Å². The van der Waals surface area contributed by atoms with E-state index in [0.717, 1.165) is 39.0 Å². The van der Waals surface area contributed by atoms with Crippen LogP contribution in [-0.2, 0) is 0 Å². The minimum Gasteiger partial charge on any atom is -0.454 e. The number of ether oxygens (including phenoxy) is 2. The first-order valence-corrected chi connectivity index (χ1v) is 6.98. The van der Waals surface area contributed by atoms with Gasteiger partial charge in [-0.2, -0.15) is 5.10 Å². The van der Waals surface area contributed by atoms with Crippen LogP contribution >= 0.6 is 11.6 Å². The van der Waals surface area contributed by atoms with Gasteiger partial charge in [-0.15, -0.1) is 0 Å². The summed E-state index contributed by atoms with van der Waals surface area (Å²) in [4.78, 5) is 0. The van der Waals surface area contributed by atoms with Gasteiger partial charge >= 0.3 is 0 Å². The highest BCUT2D eigenvalue weighted by Gasteiger charge is 2.13. The average molecular weight is 303 g/mol. The molecule has 0 aromatic heterocycles. The van der Waals surface area contributed by atoms with Crippen LogP contribution in [0.25, 0.3) is 0 Å². The van der Waals surface area contributed by atoms with Crippen LogP contribution in [0.1, 0.15) is 18.1 Å². The highest BCUT2D eigenvalue weighted by molar-refractivity contribution is 6.31. The second kappa shape index (κ2) is 5.66. The maximum atomic E-state index is 6.09. The number of benzene rings is 2. The van der Waals surface area contributed by atoms with Gasteiger partial charge in [-0.25, -0.2) is 0 Å². The van der Waals surface area contributed by atoms with Crippen molar-refractivity contribution < 1.29 is 9.47 Å². The van der Waals surface area contributed by atoms with Crippen LogP contribution < -0.4 is 14.9 Å². The molecule has 0 unspecified atom stereocenters. The summed E-state index contributed by atoms with van der Waals surface area (Å²) >= 11 is 6.09. The lowest BCUT2D eigenvalue weighted by Gasteiger charge is -2.06. The highest BCUT2D eigenvalue weighted by Crippen LogP contribution is 2.32. The second-order valence-corrected chi connectivity index (χ2v) is 5.25. The summed E-state index contributed by atoms with van der Waals surface area (Å²) in [6, 6.07) is 11.5. The van der Waals surface area contributed by atoms with Gasteiger partial charge in [-0.05, 0) is 49.7 Å². The topological polar surface area (TPSA) is 42.9 Å². The zero-order valence-corrected chi connectivity index (χ0v) is 12.6. The summed E-state index contributed by atoms with van der Waals surface area (Å²) in [5.41, 5.74) is 6.73. The zero-order valence-electron chi connectivity index (χ0n) is 11.8. The van der Waals surface area contributed by atoms with Crippen molar-refractivity contribution in [3.63, 3.8) is 0 Å². The van der Waals surface area contributed by atoms with Crippen molar-refractivity contribution >= 4 is 23.0 Å². The Balaban J connectivity index is 1.78. The molecule has 0 saturated heterocycles. The average Bonchev–Trinajstić information content (AvgIpc) is 2.95. The summed E-state index contributed by atoms with van der Waals surface area (Å²) in [6.45, 7) is 4.17. The number of anilines is 1. The third kappa shape index (κ3) is 2.95. The number of nitrogens with one attached hydrogen (secondary N) is 1. The third-order valence-corrected chi connectivity index (χ3v) is 3.72. The molecule has 21 heavy (non-hydrogen) atoms. The van der Waals surface area contributed by atoms with Gasteiger partial charge in [0.15, 0.2) is 11.5 Å². The zero-order chi connectivity index (χ0) is 14.8. The van der Waals surface area contributed by atoms with Crippen LogP contribution in [0.3, 0.4) is 0 Å². The van der Waals surface area contributed by atoms with E-state index in [-0.39, 0.29) is 6.79 Å². The quantitative estimate of drug-likeness (QED) is 0.682. The molecule has 1 heterocycles. The number of hydrogen-bond donors (Lipinski definition) is 1.